The topological polar surface area (TPSA) is 42.3 Å². The molecule has 0 atom stereocenters. The zero-order chi connectivity index (χ0) is 13.3. The van der Waals surface area contributed by atoms with Gasteiger partial charge >= 0.3 is 0 Å². The van der Waals surface area contributed by atoms with Crippen LogP contribution in [-0.4, -0.2) is 11.1 Å². The summed E-state index contributed by atoms with van der Waals surface area (Å²) in [6.45, 7) is 2.01. The van der Waals surface area contributed by atoms with Crippen LogP contribution in [0.1, 0.15) is 36.9 Å². The minimum absolute atomic E-state index is 0.340. The molecule has 1 heterocycles. The number of aliphatic imine (C=N–C) groups is 1. The van der Waals surface area contributed by atoms with Crippen molar-refractivity contribution in [1.29, 1.82) is 0 Å². The van der Waals surface area contributed by atoms with Crippen LogP contribution >= 0.6 is 0 Å². The minimum Gasteiger partial charge on any atom is -0.261 e. The maximum Gasteiger partial charge on any atom is 0.235 e. The average molecular weight is 252 g/mol. The predicted octanol–water partition coefficient (Wildman–Crippen LogP) is 3.65. The van der Waals surface area contributed by atoms with Crippen molar-refractivity contribution >= 4 is 16.9 Å². The van der Waals surface area contributed by atoms with E-state index in [4.69, 9.17) is 0 Å². The number of benzene rings is 1. The molecule has 1 aliphatic rings. The van der Waals surface area contributed by atoms with Gasteiger partial charge in [0.25, 0.3) is 0 Å². The Balaban J connectivity index is 2.17. The first-order valence-electron chi connectivity index (χ1n) is 6.70. The smallest absolute Gasteiger partial charge is 0.235 e. The van der Waals surface area contributed by atoms with Crippen LogP contribution in [0.25, 0.3) is 10.8 Å². The summed E-state index contributed by atoms with van der Waals surface area (Å²) in [6, 6.07) is 8.34. The summed E-state index contributed by atoms with van der Waals surface area (Å²) in [5.74, 6) is 0. The molecular weight excluding hydrogens is 236 g/mol. The molecule has 1 saturated carbocycles. The molecule has 0 aliphatic heterocycles. The molecule has 3 rings (SSSR count). The third-order valence-electron chi connectivity index (χ3n) is 4.19. The molecule has 2 aromatic rings. The molecule has 96 valence electrons. The van der Waals surface area contributed by atoms with Crippen LogP contribution in [0.15, 0.2) is 35.5 Å². The van der Waals surface area contributed by atoms with E-state index < -0.39 is 0 Å². The molecule has 1 aromatic carbocycles. The molecule has 19 heavy (non-hydrogen) atoms. The largest absolute Gasteiger partial charge is 0.261 e. The van der Waals surface area contributed by atoms with Gasteiger partial charge in [-0.05, 0) is 42.8 Å². The molecule has 1 aliphatic carbocycles. The summed E-state index contributed by atoms with van der Waals surface area (Å²) in [6.07, 6.45) is 7.73. The SMILES string of the molecule is Cc1nccc2cc(C3(N=C=O)CCCC3)ccc12. The van der Waals surface area contributed by atoms with Crippen molar-refractivity contribution in [3.8, 4) is 0 Å². The number of rotatable bonds is 2. The van der Waals surface area contributed by atoms with Gasteiger partial charge in [0.2, 0.25) is 6.08 Å². The van der Waals surface area contributed by atoms with Gasteiger partial charge in [-0.1, -0.05) is 25.0 Å². The van der Waals surface area contributed by atoms with Crippen LogP contribution in [0.3, 0.4) is 0 Å². The Morgan fingerprint density at radius 3 is 2.79 bits per heavy atom. The van der Waals surface area contributed by atoms with E-state index in [-0.39, 0.29) is 5.54 Å². The fraction of sp³-hybridized carbons (Fsp3) is 0.375. The Kier molecular flexibility index (Phi) is 2.92. The molecule has 0 saturated heterocycles. The van der Waals surface area contributed by atoms with Crippen molar-refractivity contribution in [2.45, 2.75) is 38.1 Å². The van der Waals surface area contributed by atoms with Crippen molar-refractivity contribution in [3.63, 3.8) is 0 Å². The van der Waals surface area contributed by atoms with E-state index in [0.29, 0.717) is 0 Å². The van der Waals surface area contributed by atoms with Gasteiger partial charge < -0.3 is 0 Å². The van der Waals surface area contributed by atoms with E-state index >= 15 is 0 Å². The summed E-state index contributed by atoms with van der Waals surface area (Å²) in [5.41, 5.74) is 1.82. The van der Waals surface area contributed by atoms with Gasteiger partial charge in [0.1, 0.15) is 0 Å². The highest BCUT2D eigenvalue weighted by atomic mass is 16.1. The highest BCUT2D eigenvalue weighted by Gasteiger charge is 2.35. The fourth-order valence-corrected chi connectivity index (χ4v) is 3.13. The maximum atomic E-state index is 10.8. The molecule has 0 amide bonds. The Morgan fingerprint density at radius 1 is 1.26 bits per heavy atom. The first-order valence-corrected chi connectivity index (χ1v) is 6.70. The summed E-state index contributed by atoms with van der Waals surface area (Å²) in [5, 5.41) is 2.33. The lowest BCUT2D eigenvalue weighted by Gasteiger charge is -2.23. The van der Waals surface area contributed by atoms with Crippen LogP contribution in [0.2, 0.25) is 0 Å². The fourth-order valence-electron chi connectivity index (χ4n) is 3.13. The van der Waals surface area contributed by atoms with Crippen molar-refractivity contribution in [2.24, 2.45) is 4.99 Å². The zero-order valence-corrected chi connectivity index (χ0v) is 11.0. The third-order valence-corrected chi connectivity index (χ3v) is 4.19. The summed E-state index contributed by atoms with van der Waals surface area (Å²) in [4.78, 5) is 19.2. The van der Waals surface area contributed by atoms with Crippen LogP contribution in [-0.2, 0) is 10.3 Å². The minimum atomic E-state index is -0.340. The first kappa shape index (κ1) is 12.1. The highest BCUT2D eigenvalue weighted by molar-refractivity contribution is 5.85. The maximum absolute atomic E-state index is 10.8. The lowest BCUT2D eigenvalue weighted by Crippen LogP contribution is -2.18. The van der Waals surface area contributed by atoms with E-state index in [1.54, 1.807) is 6.08 Å². The van der Waals surface area contributed by atoms with Crippen molar-refractivity contribution in [1.82, 2.24) is 4.98 Å². The number of isocyanates is 1. The summed E-state index contributed by atoms with van der Waals surface area (Å²) < 4.78 is 0. The highest BCUT2D eigenvalue weighted by Crippen LogP contribution is 2.42. The van der Waals surface area contributed by atoms with Gasteiger partial charge in [0.15, 0.2) is 0 Å². The lowest BCUT2D eigenvalue weighted by atomic mass is 9.87. The summed E-state index contributed by atoms with van der Waals surface area (Å²) in [7, 11) is 0. The molecular formula is C16H16N2O. The molecule has 0 unspecified atom stereocenters. The molecule has 0 spiro atoms. The van der Waals surface area contributed by atoms with Crippen LogP contribution in [0.5, 0.6) is 0 Å². The number of hydrogen-bond acceptors (Lipinski definition) is 3. The summed E-state index contributed by atoms with van der Waals surface area (Å²) >= 11 is 0. The second-order valence-electron chi connectivity index (χ2n) is 5.27. The van der Waals surface area contributed by atoms with Gasteiger partial charge in [-0.2, -0.15) is 4.99 Å². The molecule has 0 N–H and O–H groups in total. The molecule has 1 aromatic heterocycles. The van der Waals surface area contributed by atoms with Gasteiger partial charge in [0.05, 0.1) is 5.54 Å². The van der Waals surface area contributed by atoms with Crippen molar-refractivity contribution in [2.75, 3.05) is 0 Å². The number of nitrogens with zero attached hydrogens (tertiary/aromatic N) is 2. The van der Waals surface area contributed by atoms with Crippen LogP contribution in [0, 0.1) is 6.92 Å². The molecule has 3 heteroatoms. The van der Waals surface area contributed by atoms with Crippen LogP contribution in [0.4, 0.5) is 0 Å². The van der Waals surface area contributed by atoms with Crippen molar-refractivity contribution in [3.05, 3.63) is 41.7 Å². The molecule has 0 bridgehead atoms. The molecule has 0 radical (unpaired) electrons. The van der Waals surface area contributed by atoms with Gasteiger partial charge in [-0.15, -0.1) is 0 Å². The number of pyridine rings is 1. The normalized spacial score (nSPS) is 17.3. The monoisotopic (exact) mass is 252 g/mol. The molecule has 1 fully saturated rings. The van der Waals surface area contributed by atoms with Gasteiger partial charge in [0, 0.05) is 17.3 Å². The van der Waals surface area contributed by atoms with Gasteiger partial charge in [-0.25, -0.2) is 4.79 Å². The van der Waals surface area contributed by atoms with E-state index in [0.717, 1.165) is 47.7 Å². The van der Waals surface area contributed by atoms with E-state index in [9.17, 15) is 4.79 Å². The van der Waals surface area contributed by atoms with E-state index in [1.165, 1.54) is 0 Å². The Morgan fingerprint density at radius 2 is 2.05 bits per heavy atom. The lowest BCUT2D eigenvalue weighted by molar-refractivity contribution is 0.456. The second-order valence-corrected chi connectivity index (χ2v) is 5.27. The standard InChI is InChI=1S/C16H16N2O/c1-12-15-5-4-14(10-13(15)6-9-17-12)16(18-11-19)7-2-3-8-16/h4-6,9-10H,2-3,7-8H2,1H3. The third kappa shape index (κ3) is 1.96. The Labute approximate surface area is 112 Å². The Bertz CT molecular complexity index is 666. The molecule has 3 nitrogen and oxygen atoms in total. The predicted molar refractivity (Wildman–Crippen MR) is 74.7 cm³/mol. The number of carbonyl (C=O) groups excluding carboxylic acids is 1. The van der Waals surface area contributed by atoms with Crippen molar-refractivity contribution < 1.29 is 4.79 Å². The van der Waals surface area contributed by atoms with Gasteiger partial charge in [-0.3, -0.25) is 4.98 Å². The number of aromatic nitrogens is 1. The zero-order valence-electron chi connectivity index (χ0n) is 11.0. The van der Waals surface area contributed by atoms with E-state index in [1.807, 2.05) is 19.2 Å². The number of hydrogen-bond donors (Lipinski definition) is 0. The quantitative estimate of drug-likeness (QED) is 0.604. The second kappa shape index (κ2) is 4.60. The average Bonchev–Trinajstić information content (AvgIpc) is 2.89. The Hall–Kier alpha value is -1.99. The first-order chi connectivity index (χ1) is 9.25. The number of aryl methyl sites for hydroxylation is 1. The van der Waals surface area contributed by atoms with E-state index in [2.05, 4.69) is 28.2 Å². The van der Waals surface area contributed by atoms with Crippen LogP contribution < -0.4 is 0 Å². The number of fused-ring (bicyclic) bond motifs is 1.